The van der Waals surface area contributed by atoms with Gasteiger partial charge in [-0.3, -0.25) is 0 Å². The van der Waals surface area contributed by atoms with Crippen molar-refractivity contribution in [3.05, 3.63) is 172 Å². The molecular formula is C44H29N3OS. The first-order valence-corrected chi connectivity index (χ1v) is 17.4. The minimum Gasteiger partial charge on any atom is -0.456 e. The van der Waals surface area contributed by atoms with Gasteiger partial charge in [0.2, 0.25) is 0 Å². The van der Waals surface area contributed by atoms with Crippen LogP contribution in [0.25, 0.3) is 55.4 Å². The van der Waals surface area contributed by atoms with E-state index in [1.807, 2.05) is 0 Å². The Labute approximate surface area is 288 Å². The lowest BCUT2D eigenvalue weighted by molar-refractivity contribution is 0.438. The molecule has 2 aromatic heterocycles. The van der Waals surface area contributed by atoms with Crippen molar-refractivity contribution in [2.75, 3.05) is 0 Å². The van der Waals surface area contributed by atoms with Crippen LogP contribution in [-0.4, -0.2) is 15.0 Å². The summed E-state index contributed by atoms with van der Waals surface area (Å²) < 4.78 is 8.27. The molecule has 49 heavy (non-hydrogen) atoms. The van der Waals surface area contributed by atoms with Gasteiger partial charge in [-0.25, -0.2) is 15.0 Å². The quantitative estimate of drug-likeness (QED) is 0.191. The predicted octanol–water partition coefficient (Wildman–Crippen LogP) is 11.2. The fourth-order valence-corrected chi connectivity index (χ4v) is 8.59. The van der Waals surface area contributed by atoms with Crippen molar-refractivity contribution in [1.29, 1.82) is 0 Å². The van der Waals surface area contributed by atoms with Crippen LogP contribution in [0.1, 0.15) is 33.4 Å². The Morgan fingerprint density at radius 1 is 0.510 bits per heavy atom. The lowest BCUT2D eigenvalue weighted by atomic mass is 9.65. The molecule has 10 rings (SSSR count). The zero-order valence-corrected chi connectivity index (χ0v) is 27.8. The van der Waals surface area contributed by atoms with Gasteiger partial charge in [0.25, 0.3) is 0 Å². The van der Waals surface area contributed by atoms with E-state index in [0.717, 1.165) is 39.3 Å². The number of para-hydroxylation sites is 2. The van der Waals surface area contributed by atoms with Gasteiger partial charge < -0.3 is 4.74 Å². The van der Waals surface area contributed by atoms with E-state index < -0.39 is 5.41 Å². The molecule has 1 atom stereocenters. The minimum atomic E-state index is -0.588. The summed E-state index contributed by atoms with van der Waals surface area (Å²) in [6, 6.07) is 47.4. The Morgan fingerprint density at radius 2 is 1.12 bits per heavy atom. The van der Waals surface area contributed by atoms with Crippen molar-refractivity contribution >= 4 is 21.4 Å². The van der Waals surface area contributed by atoms with E-state index in [-0.39, 0.29) is 0 Å². The Kier molecular flexibility index (Phi) is 6.05. The van der Waals surface area contributed by atoms with Crippen molar-refractivity contribution in [1.82, 2.24) is 15.0 Å². The van der Waals surface area contributed by atoms with Gasteiger partial charge in [0.05, 0.1) is 11.0 Å². The Balaban J connectivity index is 1.28. The number of hydrogen-bond acceptors (Lipinski definition) is 5. The van der Waals surface area contributed by atoms with Crippen LogP contribution in [0.2, 0.25) is 0 Å². The monoisotopic (exact) mass is 647 g/mol. The summed E-state index contributed by atoms with van der Waals surface area (Å²) in [6.07, 6.45) is 0. The molecule has 6 aromatic carbocycles. The van der Waals surface area contributed by atoms with Gasteiger partial charge in [-0.2, -0.15) is 0 Å². The fraction of sp³-hybridized carbons (Fsp3) is 0.0682. The highest BCUT2D eigenvalue weighted by Crippen LogP contribution is 2.64. The second-order valence-electron chi connectivity index (χ2n) is 12.9. The van der Waals surface area contributed by atoms with Crippen LogP contribution in [0, 0.1) is 13.8 Å². The molecule has 0 N–H and O–H groups in total. The Bertz CT molecular complexity index is 2540. The average Bonchev–Trinajstić information content (AvgIpc) is 3.74. The first-order chi connectivity index (χ1) is 24.1. The van der Waals surface area contributed by atoms with Gasteiger partial charge in [0, 0.05) is 32.3 Å². The average molecular weight is 648 g/mol. The maximum Gasteiger partial charge on any atom is 0.167 e. The van der Waals surface area contributed by atoms with E-state index in [1.54, 1.807) is 11.3 Å². The molecule has 1 aliphatic carbocycles. The Hall–Kier alpha value is -5.91. The Morgan fingerprint density at radius 3 is 1.86 bits per heavy atom. The summed E-state index contributed by atoms with van der Waals surface area (Å²) in [5, 5.41) is 3.48. The third-order valence-electron chi connectivity index (χ3n) is 10.1. The van der Waals surface area contributed by atoms with Crippen molar-refractivity contribution < 1.29 is 4.74 Å². The highest BCUT2D eigenvalue weighted by Gasteiger charge is 2.52. The molecule has 8 aromatic rings. The third kappa shape index (κ3) is 4.06. The molecule has 1 spiro atoms. The molecular weight excluding hydrogens is 619 g/mol. The lowest BCUT2D eigenvalue weighted by Crippen LogP contribution is -2.32. The second kappa shape index (κ2) is 10.5. The van der Waals surface area contributed by atoms with Gasteiger partial charge in [-0.15, -0.1) is 11.3 Å². The van der Waals surface area contributed by atoms with E-state index in [9.17, 15) is 0 Å². The van der Waals surface area contributed by atoms with Crippen LogP contribution in [-0.2, 0) is 5.41 Å². The number of benzene rings is 6. The molecule has 5 heteroatoms. The van der Waals surface area contributed by atoms with E-state index in [0.29, 0.717) is 17.5 Å². The zero-order valence-electron chi connectivity index (χ0n) is 26.9. The molecule has 232 valence electrons. The third-order valence-corrected chi connectivity index (χ3v) is 10.9. The summed E-state index contributed by atoms with van der Waals surface area (Å²) in [5.74, 6) is 3.43. The fourth-order valence-electron chi connectivity index (χ4n) is 7.80. The molecule has 2 aliphatic rings. The first-order valence-electron chi connectivity index (χ1n) is 16.5. The molecule has 0 fully saturated rings. The number of hydrogen-bond donors (Lipinski definition) is 0. The van der Waals surface area contributed by atoms with E-state index in [1.165, 1.54) is 43.5 Å². The minimum absolute atomic E-state index is 0.576. The van der Waals surface area contributed by atoms with Gasteiger partial charge >= 0.3 is 0 Å². The van der Waals surface area contributed by atoms with Crippen molar-refractivity contribution in [3.63, 3.8) is 0 Å². The molecule has 0 bridgehead atoms. The van der Waals surface area contributed by atoms with Gasteiger partial charge in [0.1, 0.15) is 11.5 Å². The number of thiophene rings is 1. The molecule has 1 aliphatic heterocycles. The van der Waals surface area contributed by atoms with Crippen molar-refractivity contribution in [3.8, 4) is 56.8 Å². The number of aryl methyl sites for hydroxylation is 2. The molecule has 0 amide bonds. The van der Waals surface area contributed by atoms with Crippen LogP contribution < -0.4 is 4.74 Å². The smallest absolute Gasteiger partial charge is 0.167 e. The van der Waals surface area contributed by atoms with Crippen LogP contribution >= 0.6 is 11.3 Å². The number of aromatic nitrogens is 3. The van der Waals surface area contributed by atoms with E-state index in [4.69, 9.17) is 19.7 Å². The summed E-state index contributed by atoms with van der Waals surface area (Å²) >= 11 is 1.79. The maximum atomic E-state index is 6.98. The number of ether oxygens (including phenoxy) is 1. The van der Waals surface area contributed by atoms with Gasteiger partial charge in [-0.05, 0) is 65.7 Å². The largest absolute Gasteiger partial charge is 0.456 e. The van der Waals surface area contributed by atoms with Crippen LogP contribution in [0.15, 0.2) is 139 Å². The normalized spacial score (nSPS) is 15.4. The summed E-state index contributed by atoms with van der Waals surface area (Å²) in [6.45, 7) is 4.18. The second-order valence-corrected chi connectivity index (χ2v) is 13.9. The summed E-state index contributed by atoms with van der Waals surface area (Å²) in [4.78, 5) is 15.3. The number of fused-ring (bicyclic) bond motifs is 11. The zero-order chi connectivity index (χ0) is 32.7. The highest BCUT2D eigenvalue weighted by atomic mass is 32.1. The van der Waals surface area contributed by atoms with Crippen LogP contribution in [0.4, 0.5) is 0 Å². The molecule has 0 radical (unpaired) electrons. The molecule has 0 saturated heterocycles. The maximum absolute atomic E-state index is 6.98. The van der Waals surface area contributed by atoms with Crippen LogP contribution in [0.3, 0.4) is 0 Å². The van der Waals surface area contributed by atoms with Crippen molar-refractivity contribution in [2.24, 2.45) is 0 Å². The van der Waals surface area contributed by atoms with Gasteiger partial charge in [0.15, 0.2) is 17.5 Å². The van der Waals surface area contributed by atoms with Crippen molar-refractivity contribution in [2.45, 2.75) is 19.3 Å². The first kappa shape index (κ1) is 28.1. The predicted molar refractivity (Wildman–Crippen MR) is 198 cm³/mol. The molecule has 4 nitrogen and oxygen atoms in total. The van der Waals surface area contributed by atoms with Gasteiger partial charge in [-0.1, -0.05) is 120 Å². The molecule has 3 heterocycles. The molecule has 0 saturated carbocycles. The SMILES string of the molecule is Cc1ccc(-c2nc(-c3ccc(C)cc3)nc(-c3cccc4c3Oc3ccccc3C43c4ccccc4-c4c3ccc3sccc43)n2)cc1. The molecule has 1 unspecified atom stereocenters. The standard InChI is InChI=1S/C44H29N3OS/c1-26-14-18-28(19-15-26)41-45-42(29-20-16-27(2)17-21-29)47-43(46-41)32-9-7-12-36-40(32)48-37-13-6-5-11-34(37)44(36)33-10-4-3-8-30(33)39-31-24-25-49-38(31)23-22-35(39)44/h3-25H,1-2H3. The lowest BCUT2D eigenvalue weighted by Gasteiger charge is -2.40. The topological polar surface area (TPSA) is 47.9 Å². The number of rotatable bonds is 3. The van der Waals surface area contributed by atoms with Crippen LogP contribution in [0.5, 0.6) is 11.5 Å². The van der Waals surface area contributed by atoms with E-state index >= 15 is 0 Å². The highest BCUT2D eigenvalue weighted by molar-refractivity contribution is 7.17. The summed E-state index contributed by atoms with van der Waals surface area (Å²) in [7, 11) is 0. The summed E-state index contributed by atoms with van der Waals surface area (Å²) in [5.41, 5.74) is 11.8. The number of nitrogens with zero attached hydrogens (tertiary/aromatic N) is 3. The van der Waals surface area contributed by atoms with E-state index in [2.05, 4.69) is 153 Å².